The van der Waals surface area contributed by atoms with E-state index in [0.717, 1.165) is 31.6 Å². The van der Waals surface area contributed by atoms with Crippen LogP contribution in [0.15, 0.2) is 36.4 Å². The number of unbranched alkanes of at least 4 members (excludes halogenated alkanes) is 1. The van der Waals surface area contributed by atoms with E-state index < -0.39 is 0 Å². The maximum Gasteiger partial charge on any atom is 0.116 e. The number of fused-ring (bicyclic) bond motifs is 1. The molecule has 1 heterocycles. The number of nitrogens with zero attached hydrogens (tertiary/aromatic N) is 1. The van der Waals surface area contributed by atoms with E-state index in [4.69, 9.17) is 0 Å². The van der Waals surface area contributed by atoms with Crippen molar-refractivity contribution in [1.29, 1.82) is 0 Å². The number of aromatic hydroxyl groups is 1. The summed E-state index contributed by atoms with van der Waals surface area (Å²) in [5, 5.41) is 15.4. The first kappa shape index (κ1) is 15.3. The van der Waals surface area contributed by atoms with Gasteiger partial charge in [0.2, 0.25) is 0 Å². The second-order valence-corrected chi connectivity index (χ2v) is 6.23. The summed E-state index contributed by atoms with van der Waals surface area (Å²) in [5.41, 5.74) is 1.41. The number of nitrogens with one attached hydrogen (secondary N) is 1. The highest BCUT2D eigenvalue weighted by Crippen LogP contribution is 2.30. The molecule has 0 aromatic heterocycles. The lowest BCUT2D eigenvalue weighted by molar-refractivity contribution is 0.163. The van der Waals surface area contributed by atoms with Gasteiger partial charge in [0.05, 0.1) is 0 Å². The van der Waals surface area contributed by atoms with Crippen molar-refractivity contribution in [2.45, 2.75) is 32.2 Å². The number of hydrogen-bond donors (Lipinski definition) is 2. The van der Waals surface area contributed by atoms with Crippen LogP contribution in [0.4, 0.5) is 0 Å². The third kappa shape index (κ3) is 3.42. The van der Waals surface area contributed by atoms with Crippen LogP contribution in [-0.4, -0.2) is 36.2 Å². The molecule has 1 aliphatic rings. The molecule has 3 heteroatoms. The summed E-state index contributed by atoms with van der Waals surface area (Å²) in [6, 6.07) is 12.8. The Labute approximate surface area is 132 Å². The smallest absolute Gasteiger partial charge is 0.116 e. The van der Waals surface area contributed by atoms with Crippen LogP contribution in [-0.2, 0) is 0 Å². The van der Waals surface area contributed by atoms with Gasteiger partial charge in [-0.3, -0.25) is 4.90 Å². The van der Waals surface area contributed by atoms with Crippen LogP contribution in [0.5, 0.6) is 5.75 Å². The van der Waals surface area contributed by atoms with E-state index in [1.807, 2.05) is 12.1 Å². The first-order chi connectivity index (χ1) is 10.8. The molecule has 3 rings (SSSR count). The Bertz CT molecular complexity index is 620. The van der Waals surface area contributed by atoms with Crippen molar-refractivity contribution in [2.24, 2.45) is 0 Å². The maximum atomic E-state index is 9.61. The van der Waals surface area contributed by atoms with Crippen LogP contribution in [0.25, 0.3) is 10.8 Å². The molecule has 0 radical (unpaired) electrons. The summed E-state index contributed by atoms with van der Waals surface area (Å²) in [7, 11) is 0. The Kier molecular flexibility index (Phi) is 4.96. The van der Waals surface area contributed by atoms with Crippen molar-refractivity contribution in [1.82, 2.24) is 10.2 Å². The summed E-state index contributed by atoms with van der Waals surface area (Å²) >= 11 is 0. The summed E-state index contributed by atoms with van der Waals surface area (Å²) in [6.45, 7) is 6.69. The first-order valence-corrected chi connectivity index (χ1v) is 8.45. The number of hydrogen-bond acceptors (Lipinski definition) is 3. The summed E-state index contributed by atoms with van der Waals surface area (Å²) in [4.78, 5) is 2.62. The molecular formula is C19H26N2O. The van der Waals surface area contributed by atoms with E-state index >= 15 is 0 Å². The lowest BCUT2D eigenvalue weighted by Crippen LogP contribution is -2.45. The SMILES string of the molecule is CCCC[C@@H](c1ccc2cc(O)ccc2c1)N1CCNCC1. The van der Waals surface area contributed by atoms with E-state index in [1.165, 1.54) is 30.2 Å². The van der Waals surface area contributed by atoms with Gasteiger partial charge in [-0.25, -0.2) is 0 Å². The maximum absolute atomic E-state index is 9.61. The molecule has 2 aromatic carbocycles. The summed E-state index contributed by atoms with van der Waals surface area (Å²) < 4.78 is 0. The highest BCUT2D eigenvalue weighted by atomic mass is 16.3. The van der Waals surface area contributed by atoms with Gasteiger partial charge in [0.15, 0.2) is 0 Å². The third-order valence-electron chi connectivity index (χ3n) is 4.66. The van der Waals surface area contributed by atoms with Crippen molar-refractivity contribution in [3.8, 4) is 5.75 Å². The fourth-order valence-corrected chi connectivity index (χ4v) is 3.41. The zero-order valence-electron chi connectivity index (χ0n) is 13.4. The molecule has 3 nitrogen and oxygen atoms in total. The molecule has 0 amide bonds. The van der Waals surface area contributed by atoms with Crippen LogP contribution < -0.4 is 5.32 Å². The van der Waals surface area contributed by atoms with E-state index in [9.17, 15) is 5.11 Å². The fraction of sp³-hybridized carbons (Fsp3) is 0.474. The zero-order valence-corrected chi connectivity index (χ0v) is 13.4. The Morgan fingerprint density at radius 2 is 1.82 bits per heavy atom. The van der Waals surface area contributed by atoms with Gasteiger partial charge in [0.1, 0.15) is 5.75 Å². The molecule has 0 spiro atoms. The number of rotatable bonds is 5. The van der Waals surface area contributed by atoms with Crippen molar-refractivity contribution in [2.75, 3.05) is 26.2 Å². The van der Waals surface area contributed by atoms with Gasteiger partial charge in [0, 0.05) is 32.2 Å². The molecule has 22 heavy (non-hydrogen) atoms. The highest BCUT2D eigenvalue weighted by Gasteiger charge is 2.21. The van der Waals surface area contributed by atoms with Crippen LogP contribution in [0.1, 0.15) is 37.8 Å². The molecule has 1 atom stereocenters. The quantitative estimate of drug-likeness (QED) is 0.884. The minimum Gasteiger partial charge on any atom is -0.508 e. The topological polar surface area (TPSA) is 35.5 Å². The molecule has 1 fully saturated rings. The molecule has 0 saturated carbocycles. The third-order valence-corrected chi connectivity index (χ3v) is 4.66. The van der Waals surface area contributed by atoms with Crippen molar-refractivity contribution in [3.63, 3.8) is 0 Å². The van der Waals surface area contributed by atoms with Crippen LogP contribution in [0.2, 0.25) is 0 Å². The Morgan fingerprint density at radius 1 is 1.09 bits per heavy atom. The fourth-order valence-electron chi connectivity index (χ4n) is 3.41. The van der Waals surface area contributed by atoms with Crippen molar-refractivity contribution >= 4 is 10.8 Å². The van der Waals surface area contributed by atoms with Gasteiger partial charge in [0.25, 0.3) is 0 Å². The molecular weight excluding hydrogens is 272 g/mol. The number of phenols is 1. The van der Waals surface area contributed by atoms with Crippen molar-refractivity contribution in [3.05, 3.63) is 42.0 Å². The number of piperazine rings is 1. The van der Waals surface area contributed by atoms with Crippen LogP contribution >= 0.6 is 0 Å². The molecule has 1 aliphatic heterocycles. The predicted molar refractivity (Wildman–Crippen MR) is 92.3 cm³/mol. The van der Waals surface area contributed by atoms with Gasteiger partial charge in [-0.2, -0.15) is 0 Å². The molecule has 0 aliphatic carbocycles. The summed E-state index contributed by atoms with van der Waals surface area (Å²) in [5.74, 6) is 0.338. The number of phenolic OH excluding ortho intramolecular Hbond substituents is 1. The zero-order chi connectivity index (χ0) is 15.4. The average Bonchev–Trinajstić information content (AvgIpc) is 2.56. The second kappa shape index (κ2) is 7.12. The van der Waals surface area contributed by atoms with E-state index in [-0.39, 0.29) is 0 Å². The van der Waals surface area contributed by atoms with E-state index in [1.54, 1.807) is 6.07 Å². The molecule has 2 N–H and O–H groups in total. The van der Waals surface area contributed by atoms with Gasteiger partial charge < -0.3 is 10.4 Å². The van der Waals surface area contributed by atoms with Gasteiger partial charge in [-0.05, 0) is 41.0 Å². The Hall–Kier alpha value is -1.58. The standard InChI is InChI=1S/C19H26N2O/c1-2-3-4-19(21-11-9-20-10-12-21)17-6-5-16-14-18(22)8-7-15(16)13-17/h5-8,13-14,19-20,22H,2-4,9-12H2,1H3/t19-/m0/s1. The summed E-state index contributed by atoms with van der Waals surface area (Å²) in [6.07, 6.45) is 3.73. The lowest BCUT2D eigenvalue weighted by atomic mass is 9.96. The molecule has 0 bridgehead atoms. The minimum atomic E-state index is 0.338. The highest BCUT2D eigenvalue weighted by molar-refractivity contribution is 5.84. The molecule has 118 valence electrons. The van der Waals surface area contributed by atoms with Crippen LogP contribution in [0, 0.1) is 0 Å². The van der Waals surface area contributed by atoms with Gasteiger partial charge >= 0.3 is 0 Å². The first-order valence-electron chi connectivity index (χ1n) is 8.45. The van der Waals surface area contributed by atoms with Crippen molar-refractivity contribution < 1.29 is 5.11 Å². The Balaban J connectivity index is 1.90. The molecule has 1 saturated heterocycles. The second-order valence-electron chi connectivity index (χ2n) is 6.23. The molecule has 0 unspecified atom stereocenters. The lowest BCUT2D eigenvalue weighted by Gasteiger charge is -2.35. The monoisotopic (exact) mass is 298 g/mol. The number of benzene rings is 2. The largest absolute Gasteiger partial charge is 0.508 e. The Morgan fingerprint density at radius 3 is 2.59 bits per heavy atom. The van der Waals surface area contributed by atoms with E-state index in [2.05, 4.69) is 35.3 Å². The van der Waals surface area contributed by atoms with Gasteiger partial charge in [-0.15, -0.1) is 0 Å². The van der Waals surface area contributed by atoms with Gasteiger partial charge in [-0.1, -0.05) is 38.0 Å². The predicted octanol–water partition coefficient (Wildman–Crippen LogP) is 3.68. The normalized spacial score (nSPS) is 17.7. The average molecular weight is 298 g/mol. The van der Waals surface area contributed by atoms with E-state index in [0.29, 0.717) is 11.8 Å². The molecule has 2 aromatic rings. The van der Waals surface area contributed by atoms with Crippen LogP contribution in [0.3, 0.4) is 0 Å². The minimum absolute atomic E-state index is 0.338.